The van der Waals surface area contributed by atoms with Crippen LogP contribution in [0.2, 0.25) is 0 Å². The Labute approximate surface area is 99.5 Å². The molecule has 1 fully saturated rings. The lowest BCUT2D eigenvalue weighted by Crippen LogP contribution is -2.11. The van der Waals surface area contributed by atoms with Crippen LogP contribution in [0.1, 0.15) is 30.7 Å². The minimum absolute atomic E-state index is 0.127. The number of nitrogens with one attached hydrogen (secondary N) is 1. The molecule has 3 heteroatoms. The molecule has 0 saturated heterocycles. The van der Waals surface area contributed by atoms with Gasteiger partial charge in [0.2, 0.25) is 0 Å². The second-order valence-electron chi connectivity index (χ2n) is 4.52. The van der Waals surface area contributed by atoms with Crippen molar-refractivity contribution in [2.45, 2.75) is 25.2 Å². The molecular formula is C14H14N2O. The van der Waals surface area contributed by atoms with Crippen molar-refractivity contribution in [1.82, 2.24) is 9.97 Å². The summed E-state index contributed by atoms with van der Waals surface area (Å²) in [6.45, 7) is 0. The summed E-state index contributed by atoms with van der Waals surface area (Å²) in [5.74, 6) is 0.678. The third-order valence-corrected chi connectivity index (χ3v) is 3.44. The molecule has 3 rings (SSSR count). The van der Waals surface area contributed by atoms with Gasteiger partial charge in [0, 0.05) is 18.0 Å². The van der Waals surface area contributed by atoms with Crippen molar-refractivity contribution < 1.29 is 0 Å². The van der Waals surface area contributed by atoms with Crippen LogP contribution in [0.3, 0.4) is 0 Å². The van der Waals surface area contributed by atoms with Gasteiger partial charge in [0.1, 0.15) is 5.69 Å². The third kappa shape index (κ3) is 1.88. The highest BCUT2D eigenvalue weighted by Gasteiger charge is 2.19. The second kappa shape index (κ2) is 4.17. The lowest BCUT2D eigenvalue weighted by molar-refractivity contribution is 0.420. The SMILES string of the molecule is O=c1[nH]ccnc1-c1cccc(C2CCC2)c1. The van der Waals surface area contributed by atoms with Crippen LogP contribution in [0.15, 0.2) is 41.5 Å². The third-order valence-electron chi connectivity index (χ3n) is 3.44. The predicted molar refractivity (Wildman–Crippen MR) is 66.9 cm³/mol. The molecule has 1 aliphatic carbocycles. The minimum atomic E-state index is -0.127. The van der Waals surface area contributed by atoms with E-state index >= 15 is 0 Å². The molecule has 1 aliphatic rings. The van der Waals surface area contributed by atoms with Gasteiger partial charge in [-0.15, -0.1) is 0 Å². The van der Waals surface area contributed by atoms with Crippen LogP contribution in [0.25, 0.3) is 11.3 Å². The Kier molecular flexibility index (Phi) is 2.52. The number of nitrogens with zero attached hydrogens (tertiary/aromatic N) is 1. The van der Waals surface area contributed by atoms with Gasteiger partial charge < -0.3 is 4.98 Å². The molecule has 1 aromatic carbocycles. The molecule has 1 aromatic heterocycles. The van der Waals surface area contributed by atoms with E-state index in [1.54, 1.807) is 12.4 Å². The Morgan fingerprint density at radius 2 is 2.18 bits per heavy atom. The molecule has 2 aromatic rings. The van der Waals surface area contributed by atoms with Crippen LogP contribution in [-0.4, -0.2) is 9.97 Å². The first kappa shape index (κ1) is 10.3. The Balaban J connectivity index is 2.03. The normalized spacial score (nSPS) is 15.5. The van der Waals surface area contributed by atoms with Crippen LogP contribution in [-0.2, 0) is 0 Å². The molecule has 0 atom stereocenters. The van der Waals surface area contributed by atoms with Gasteiger partial charge in [-0.2, -0.15) is 0 Å². The lowest BCUT2D eigenvalue weighted by Gasteiger charge is -2.26. The first-order valence-corrected chi connectivity index (χ1v) is 5.98. The fourth-order valence-corrected chi connectivity index (χ4v) is 2.24. The summed E-state index contributed by atoms with van der Waals surface area (Å²) in [6.07, 6.45) is 7.03. The zero-order chi connectivity index (χ0) is 11.7. The fourth-order valence-electron chi connectivity index (χ4n) is 2.24. The van der Waals surface area contributed by atoms with E-state index < -0.39 is 0 Å². The monoisotopic (exact) mass is 226 g/mol. The highest BCUT2D eigenvalue weighted by Crippen LogP contribution is 2.37. The number of rotatable bonds is 2. The van der Waals surface area contributed by atoms with Gasteiger partial charge in [0.15, 0.2) is 0 Å². The standard InChI is InChI=1S/C14H14N2O/c17-14-13(15-7-8-16-14)12-6-2-5-11(9-12)10-3-1-4-10/h2,5-10H,1,3-4H2,(H,16,17). The van der Waals surface area contributed by atoms with Crippen molar-refractivity contribution in [1.29, 1.82) is 0 Å². The predicted octanol–water partition coefficient (Wildman–Crippen LogP) is 2.70. The van der Waals surface area contributed by atoms with Crippen molar-refractivity contribution in [3.63, 3.8) is 0 Å². The number of hydrogen-bond donors (Lipinski definition) is 1. The average Bonchev–Trinajstić information content (AvgIpc) is 2.28. The van der Waals surface area contributed by atoms with E-state index in [4.69, 9.17) is 0 Å². The Hall–Kier alpha value is -1.90. The summed E-state index contributed by atoms with van der Waals surface area (Å²) in [7, 11) is 0. The summed E-state index contributed by atoms with van der Waals surface area (Å²) >= 11 is 0. The molecule has 1 heterocycles. The van der Waals surface area contributed by atoms with E-state index in [9.17, 15) is 4.79 Å². The average molecular weight is 226 g/mol. The topological polar surface area (TPSA) is 45.8 Å². The Morgan fingerprint density at radius 3 is 2.88 bits per heavy atom. The molecule has 1 saturated carbocycles. The van der Waals surface area contributed by atoms with Crippen molar-refractivity contribution in [3.8, 4) is 11.3 Å². The van der Waals surface area contributed by atoms with Crippen LogP contribution in [0.5, 0.6) is 0 Å². The van der Waals surface area contributed by atoms with Gasteiger partial charge >= 0.3 is 0 Å². The molecule has 86 valence electrons. The highest BCUT2D eigenvalue weighted by atomic mass is 16.1. The first-order valence-electron chi connectivity index (χ1n) is 5.98. The molecule has 1 N–H and O–H groups in total. The lowest BCUT2D eigenvalue weighted by atomic mass is 9.79. The largest absolute Gasteiger partial charge is 0.326 e. The van der Waals surface area contributed by atoms with Crippen molar-refractivity contribution in [2.75, 3.05) is 0 Å². The summed E-state index contributed by atoms with van der Waals surface area (Å²) in [5.41, 5.74) is 2.63. The summed E-state index contributed by atoms with van der Waals surface area (Å²) < 4.78 is 0. The highest BCUT2D eigenvalue weighted by molar-refractivity contribution is 5.59. The molecule has 0 spiro atoms. The van der Waals surface area contributed by atoms with E-state index in [1.807, 2.05) is 12.1 Å². The minimum Gasteiger partial charge on any atom is -0.326 e. The smallest absolute Gasteiger partial charge is 0.274 e. The Bertz CT molecular complexity index is 585. The molecule has 0 radical (unpaired) electrons. The summed E-state index contributed by atoms with van der Waals surface area (Å²) in [4.78, 5) is 18.5. The zero-order valence-corrected chi connectivity index (χ0v) is 9.52. The van der Waals surface area contributed by atoms with E-state index in [2.05, 4.69) is 22.1 Å². The molecule has 3 nitrogen and oxygen atoms in total. The summed E-state index contributed by atoms with van der Waals surface area (Å²) in [5, 5.41) is 0. The maximum atomic E-state index is 11.7. The van der Waals surface area contributed by atoms with Gasteiger partial charge in [-0.1, -0.05) is 24.6 Å². The molecule has 0 aliphatic heterocycles. The van der Waals surface area contributed by atoms with Gasteiger partial charge in [-0.25, -0.2) is 4.98 Å². The van der Waals surface area contributed by atoms with E-state index in [1.165, 1.54) is 24.8 Å². The van der Waals surface area contributed by atoms with E-state index in [0.717, 1.165) is 5.56 Å². The zero-order valence-electron chi connectivity index (χ0n) is 9.52. The number of H-pyrrole nitrogens is 1. The molecule has 0 amide bonds. The van der Waals surface area contributed by atoms with Crippen LogP contribution >= 0.6 is 0 Å². The quantitative estimate of drug-likeness (QED) is 0.855. The number of hydrogen-bond acceptors (Lipinski definition) is 2. The van der Waals surface area contributed by atoms with Crippen LogP contribution in [0, 0.1) is 0 Å². The molecule has 0 unspecified atom stereocenters. The van der Waals surface area contributed by atoms with Gasteiger partial charge in [-0.3, -0.25) is 4.79 Å². The second-order valence-corrected chi connectivity index (χ2v) is 4.52. The fraction of sp³-hybridized carbons (Fsp3) is 0.286. The summed E-state index contributed by atoms with van der Waals surface area (Å²) in [6, 6.07) is 8.20. The van der Waals surface area contributed by atoms with Crippen molar-refractivity contribution in [3.05, 3.63) is 52.6 Å². The first-order chi connectivity index (χ1) is 8.34. The molecule has 17 heavy (non-hydrogen) atoms. The van der Waals surface area contributed by atoms with Gasteiger partial charge in [0.25, 0.3) is 5.56 Å². The Morgan fingerprint density at radius 1 is 1.29 bits per heavy atom. The van der Waals surface area contributed by atoms with Gasteiger partial charge in [0.05, 0.1) is 0 Å². The van der Waals surface area contributed by atoms with Crippen molar-refractivity contribution in [2.24, 2.45) is 0 Å². The van der Waals surface area contributed by atoms with Crippen LogP contribution in [0.4, 0.5) is 0 Å². The van der Waals surface area contributed by atoms with Gasteiger partial charge in [-0.05, 0) is 30.4 Å². The van der Waals surface area contributed by atoms with Crippen molar-refractivity contribution >= 4 is 0 Å². The van der Waals surface area contributed by atoms with E-state index in [-0.39, 0.29) is 5.56 Å². The molecular weight excluding hydrogens is 212 g/mol. The number of aromatic nitrogens is 2. The van der Waals surface area contributed by atoms with Crippen LogP contribution < -0.4 is 5.56 Å². The number of benzene rings is 1. The maximum absolute atomic E-state index is 11.7. The maximum Gasteiger partial charge on any atom is 0.274 e. The van der Waals surface area contributed by atoms with E-state index in [0.29, 0.717) is 11.6 Å². The molecule has 0 bridgehead atoms. The number of aromatic amines is 1.